The molecule has 1 aliphatic heterocycles. The van der Waals surface area contributed by atoms with Crippen LogP contribution in [0, 0.1) is 11.3 Å². The van der Waals surface area contributed by atoms with Gasteiger partial charge in [-0.15, -0.1) is 0 Å². The Bertz CT molecular complexity index is 1750. The quantitative estimate of drug-likeness (QED) is 0.181. The minimum absolute atomic E-state index is 0.223. The minimum atomic E-state index is 0.223. The van der Waals surface area contributed by atoms with Crippen molar-refractivity contribution in [2.75, 3.05) is 44.6 Å². The second kappa shape index (κ2) is 13.6. The van der Waals surface area contributed by atoms with E-state index in [1.165, 1.54) is 5.56 Å². The minimum Gasteiger partial charge on any atom is -0.395 e. The number of nitrogens with one attached hydrogen (secondary N) is 1. The Kier molecular flexibility index (Phi) is 9.23. The lowest BCUT2D eigenvalue weighted by atomic mass is 10.0. The third-order valence-electron chi connectivity index (χ3n) is 7.74. The van der Waals surface area contributed by atoms with Crippen molar-refractivity contribution in [3.8, 4) is 17.2 Å². The van der Waals surface area contributed by atoms with Crippen LogP contribution in [-0.2, 0) is 6.54 Å². The molecule has 0 unspecified atom stereocenters. The molecule has 4 aromatic carbocycles. The fraction of sp³-hybridized carbons (Fsp3) is 0.200. The Morgan fingerprint density at radius 1 is 0.884 bits per heavy atom. The van der Waals surface area contributed by atoms with Gasteiger partial charge in [-0.05, 0) is 53.1 Å². The van der Waals surface area contributed by atoms with Gasteiger partial charge in [-0.2, -0.15) is 5.26 Å². The van der Waals surface area contributed by atoms with Crippen molar-refractivity contribution in [1.82, 2.24) is 14.8 Å². The van der Waals surface area contributed by atoms with E-state index in [9.17, 15) is 10.4 Å². The van der Waals surface area contributed by atoms with E-state index in [2.05, 4.69) is 74.7 Å². The van der Waals surface area contributed by atoms with Crippen LogP contribution >= 0.6 is 23.4 Å². The molecule has 6 rings (SSSR count). The Hall–Kier alpha value is -3.90. The largest absolute Gasteiger partial charge is 0.395 e. The highest BCUT2D eigenvalue weighted by atomic mass is 35.5. The molecule has 1 aromatic heterocycles. The summed E-state index contributed by atoms with van der Waals surface area (Å²) in [5.41, 5.74) is 6.29. The number of aliphatic hydroxyl groups is 1. The van der Waals surface area contributed by atoms with Crippen molar-refractivity contribution in [3.05, 3.63) is 113 Å². The number of aromatic nitrogens is 1. The Labute approximate surface area is 261 Å². The smallest absolute Gasteiger partial charge is 0.103 e. The first-order valence-electron chi connectivity index (χ1n) is 14.4. The van der Waals surface area contributed by atoms with Crippen LogP contribution in [0.2, 0.25) is 5.02 Å². The number of hydrogen-bond acceptors (Lipinski definition) is 7. The molecular formula is C35H32ClN5OS. The molecule has 8 heteroatoms. The molecule has 1 saturated heterocycles. The number of hydrogen-bond donors (Lipinski definition) is 2. The van der Waals surface area contributed by atoms with Gasteiger partial charge in [0.15, 0.2) is 0 Å². The monoisotopic (exact) mass is 605 g/mol. The first kappa shape index (κ1) is 29.2. The van der Waals surface area contributed by atoms with E-state index in [1.807, 2.05) is 42.5 Å². The summed E-state index contributed by atoms with van der Waals surface area (Å²) in [4.78, 5) is 11.5. The average molecular weight is 606 g/mol. The van der Waals surface area contributed by atoms with E-state index < -0.39 is 0 Å². The third-order valence-corrected chi connectivity index (χ3v) is 9.24. The summed E-state index contributed by atoms with van der Waals surface area (Å²) in [6.07, 6.45) is 1.62. The molecule has 0 saturated carbocycles. The van der Waals surface area contributed by atoms with Crippen molar-refractivity contribution >= 4 is 45.6 Å². The summed E-state index contributed by atoms with van der Waals surface area (Å²) in [5.74, 6) is 0. The summed E-state index contributed by atoms with van der Waals surface area (Å²) < 4.78 is 0. The maximum atomic E-state index is 9.86. The van der Waals surface area contributed by atoms with Crippen LogP contribution in [0.15, 0.2) is 107 Å². The molecule has 0 bridgehead atoms. The summed E-state index contributed by atoms with van der Waals surface area (Å²) in [6.45, 7) is 5.94. The van der Waals surface area contributed by atoms with Crippen molar-refractivity contribution in [1.29, 1.82) is 5.26 Å². The van der Waals surface area contributed by atoms with Gasteiger partial charge in [-0.3, -0.25) is 14.8 Å². The second-order valence-electron chi connectivity index (χ2n) is 10.6. The highest BCUT2D eigenvalue weighted by molar-refractivity contribution is 7.99. The van der Waals surface area contributed by atoms with Crippen LogP contribution in [0.4, 0.5) is 11.4 Å². The molecule has 1 fully saturated rings. The zero-order valence-corrected chi connectivity index (χ0v) is 25.3. The van der Waals surface area contributed by atoms with Crippen LogP contribution in [0.1, 0.15) is 11.1 Å². The second-order valence-corrected chi connectivity index (χ2v) is 12.1. The Balaban J connectivity index is 1.18. The topological polar surface area (TPSA) is 75.4 Å². The maximum Gasteiger partial charge on any atom is 0.103 e. The molecule has 5 aromatic rings. The predicted molar refractivity (Wildman–Crippen MR) is 176 cm³/mol. The van der Waals surface area contributed by atoms with E-state index >= 15 is 0 Å². The van der Waals surface area contributed by atoms with E-state index in [-0.39, 0.29) is 6.61 Å². The van der Waals surface area contributed by atoms with Crippen molar-refractivity contribution < 1.29 is 5.11 Å². The van der Waals surface area contributed by atoms with Gasteiger partial charge < -0.3 is 10.4 Å². The molecule has 1 aliphatic rings. The molecular weight excluding hydrogens is 574 g/mol. The van der Waals surface area contributed by atoms with Crippen LogP contribution in [0.25, 0.3) is 22.0 Å². The van der Waals surface area contributed by atoms with Gasteiger partial charge >= 0.3 is 0 Å². The lowest BCUT2D eigenvalue weighted by molar-refractivity contribution is 0.108. The first-order chi connectivity index (χ1) is 21.1. The third kappa shape index (κ3) is 7.02. The number of fused-ring (bicyclic) bond motifs is 1. The van der Waals surface area contributed by atoms with E-state index in [0.717, 1.165) is 76.8 Å². The molecule has 0 atom stereocenters. The van der Waals surface area contributed by atoms with Gasteiger partial charge in [0.2, 0.25) is 0 Å². The maximum absolute atomic E-state index is 9.86. The predicted octanol–water partition coefficient (Wildman–Crippen LogP) is 7.43. The number of halogens is 1. The lowest BCUT2D eigenvalue weighted by Gasteiger charge is -2.34. The molecule has 0 radical (unpaired) electrons. The molecule has 0 spiro atoms. The molecule has 2 N–H and O–H groups in total. The van der Waals surface area contributed by atoms with Gasteiger partial charge in [0.1, 0.15) is 6.07 Å². The highest BCUT2D eigenvalue weighted by Gasteiger charge is 2.17. The van der Waals surface area contributed by atoms with E-state index in [0.29, 0.717) is 16.3 Å². The lowest BCUT2D eigenvalue weighted by Crippen LogP contribution is -2.46. The summed E-state index contributed by atoms with van der Waals surface area (Å²) in [5, 5.41) is 24.0. The SMILES string of the molecule is N#Cc1cnc2cc(-c3ccc(CN4CCN(CCO)CC4)cc3)ccc2c1Nc1ccc(Sc2ccccc2)c(Cl)c1. The van der Waals surface area contributed by atoms with Crippen LogP contribution in [0.3, 0.4) is 0 Å². The van der Waals surface area contributed by atoms with Crippen LogP contribution in [0.5, 0.6) is 0 Å². The zero-order chi connectivity index (χ0) is 29.6. The summed E-state index contributed by atoms with van der Waals surface area (Å²) in [7, 11) is 0. The number of nitrogens with zero attached hydrogens (tertiary/aromatic N) is 4. The fourth-order valence-corrected chi connectivity index (χ4v) is 6.52. The van der Waals surface area contributed by atoms with Gasteiger partial charge in [-0.1, -0.05) is 78.0 Å². The van der Waals surface area contributed by atoms with Gasteiger partial charge in [0.25, 0.3) is 0 Å². The molecule has 6 nitrogen and oxygen atoms in total. The molecule has 0 aliphatic carbocycles. The Morgan fingerprint density at radius 3 is 2.35 bits per heavy atom. The van der Waals surface area contributed by atoms with Gasteiger partial charge in [0, 0.05) is 66.3 Å². The number of benzene rings is 4. The van der Waals surface area contributed by atoms with Crippen molar-refractivity contribution in [2.24, 2.45) is 0 Å². The van der Waals surface area contributed by atoms with Crippen molar-refractivity contribution in [3.63, 3.8) is 0 Å². The van der Waals surface area contributed by atoms with E-state index in [4.69, 9.17) is 11.6 Å². The molecule has 2 heterocycles. The van der Waals surface area contributed by atoms with Gasteiger partial charge in [-0.25, -0.2) is 0 Å². The number of pyridine rings is 1. The number of nitriles is 1. The molecule has 216 valence electrons. The zero-order valence-electron chi connectivity index (χ0n) is 23.7. The number of β-amino-alcohol motifs (C(OH)–C–C–N with tert-alkyl or cyclic N) is 1. The number of aliphatic hydroxyl groups excluding tert-OH is 1. The van der Waals surface area contributed by atoms with Crippen LogP contribution in [-0.4, -0.2) is 59.2 Å². The van der Waals surface area contributed by atoms with E-state index in [1.54, 1.807) is 18.0 Å². The number of anilines is 2. The Morgan fingerprint density at radius 2 is 1.63 bits per heavy atom. The highest BCUT2D eigenvalue weighted by Crippen LogP contribution is 2.37. The number of piperazine rings is 1. The summed E-state index contributed by atoms with van der Waals surface area (Å²) >= 11 is 8.27. The molecule has 43 heavy (non-hydrogen) atoms. The fourth-order valence-electron chi connectivity index (χ4n) is 5.39. The standard InChI is InChI=1S/C35H32ClN5OS/c36-32-21-29(11-13-34(32)43-30-4-2-1-3-5-30)39-35-28(22-37)23-38-33-20-27(10-12-31(33)35)26-8-6-25(7-9-26)24-41-16-14-40(15-17-41)18-19-42/h1-13,20-21,23,42H,14-19,24H2,(H,38,39). The first-order valence-corrected chi connectivity index (χ1v) is 15.6. The van der Waals surface area contributed by atoms with Crippen molar-refractivity contribution in [2.45, 2.75) is 16.3 Å². The molecule has 0 amide bonds. The average Bonchev–Trinajstić information content (AvgIpc) is 3.04. The van der Waals surface area contributed by atoms with Crippen LogP contribution < -0.4 is 5.32 Å². The normalized spacial score (nSPS) is 14.1. The summed E-state index contributed by atoms with van der Waals surface area (Å²) in [6, 6.07) is 33.2. The number of rotatable bonds is 9. The van der Waals surface area contributed by atoms with Gasteiger partial charge in [0.05, 0.1) is 28.4 Å².